The first kappa shape index (κ1) is 9.39. The van der Waals surface area contributed by atoms with Crippen LogP contribution < -0.4 is 0 Å². The maximum absolute atomic E-state index is 12.4. The van der Waals surface area contributed by atoms with Crippen molar-refractivity contribution in [1.82, 2.24) is 0 Å². The first-order valence-corrected chi connectivity index (χ1v) is 5.50. The molecule has 0 heterocycles. The summed E-state index contributed by atoms with van der Waals surface area (Å²) in [6.45, 7) is 3.55. The quantitative estimate of drug-likeness (QED) is 0.492. The Morgan fingerprint density at radius 2 is 1.67 bits per heavy atom. The molecule has 0 fully saturated rings. The van der Waals surface area contributed by atoms with E-state index < -0.39 is 15.0 Å². The molecule has 0 bridgehead atoms. The maximum Gasteiger partial charge on any atom is 0.418 e. The van der Waals surface area contributed by atoms with E-state index in [9.17, 15) is 8.22 Å². The van der Waals surface area contributed by atoms with Gasteiger partial charge in [-0.15, -0.1) is 0 Å². The van der Waals surface area contributed by atoms with Crippen LogP contribution in [0.2, 0.25) is 0 Å². The van der Waals surface area contributed by atoms with Crippen LogP contribution in [0.1, 0.15) is 23.6 Å². The molecule has 0 spiro atoms. The minimum Gasteiger partial charge on any atom is -0.274 e. The molecule has 0 aromatic heterocycles. The Kier molecular flexibility index (Phi) is 2.97. The Balaban J connectivity index is 2.82. The molecule has 0 aliphatic heterocycles. The molecule has 1 atom stereocenters. The van der Waals surface area contributed by atoms with Crippen molar-refractivity contribution in [2.75, 3.05) is 0 Å². The zero-order chi connectivity index (χ0) is 9.14. The first-order valence-electron chi connectivity index (χ1n) is 3.96. The van der Waals surface area contributed by atoms with Crippen LogP contribution in [0, 0.1) is 6.92 Å². The summed E-state index contributed by atoms with van der Waals surface area (Å²) >= 11 is 0. The molecule has 1 aromatic rings. The Hall–Kier alpha value is -0.703. The van der Waals surface area contributed by atoms with Gasteiger partial charge in [0.1, 0.15) is 0 Å². The second-order valence-electron chi connectivity index (χ2n) is 3.03. The van der Waals surface area contributed by atoms with Crippen molar-refractivity contribution < 1.29 is 8.22 Å². The summed E-state index contributed by atoms with van der Waals surface area (Å²) in [5.74, 6) is 0. The molecular formula is C9H12F2Si. The lowest BCUT2D eigenvalue weighted by molar-refractivity contribution is 0.625. The molecule has 0 aliphatic rings. The highest BCUT2D eigenvalue weighted by Crippen LogP contribution is 2.19. The fraction of sp³-hybridized carbons (Fsp3) is 0.333. The third-order valence-corrected chi connectivity index (χ3v) is 3.12. The third-order valence-electron chi connectivity index (χ3n) is 1.98. The van der Waals surface area contributed by atoms with Crippen molar-refractivity contribution in [3.63, 3.8) is 0 Å². The molecule has 0 saturated heterocycles. The number of aryl methyl sites for hydroxylation is 1. The highest BCUT2D eigenvalue weighted by Gasteiger charge is 2.19. The summed E-state index contributed by atoms with van der Waals surface area (Å²) in [6, 6.07) is 7.34. The van der Waals surface area contributed by atoms with Crippen molar-refractivity contribution in [2.45, 2.75) is 19.4 Å². The smallest absolute Gasteiger partial charge is 0.274 e. The minimum absolute atomic E-state index is 0.523. The SMILES string of the molecule is Cc1ccc(C(C)[SiH](F)F)cc1. The number of benzene rings is 1. The van der Waals surface area contributed by atoms with Crippen molar-refractivity contribution in [3.05, 3.63) is 35.4 Å². The van der Waals surface area contributed by atoms with E-state index in [0.29, 0.717) is 0 Å². The van der Waals surface area contributed by atoms with Gasteiger partial charge in [0.15, 0.2) is 0 Å². The number of hydrogen-bond donors (Lipinski definition) is 0. The van der Waals surface area contributed by atoms with E-state index in [2.05, 4.69) is 0 Å². The molecule has 3 heteroatoms. The van der Waals surface area contributed by atoms with Crippen LogP contribution in [-0.4, -0.2) is 9.46 Å². The fourth-order valence-electron chi connectivity index (χ4n) is 1.02. The Morgan fingerprint density at radius 1 is 1.17 bits per heavy atom. The maximum atomic E-state index is 12.4. The van der Waals surface area contributed by atoms with Crippen molar-refractivity contribution in [2.24, 2.45) is 0 Å². The number of rotatable bonds is 2. The van der Waals surface area contributed by atoms with Crippen LogP contribution >= 0.6 is 0 Å². The van der Waals surface area contributed by atoms with Gasteiger partial charge >= 0.3 is 9.46 Å². The van der Waals surface area contributed by atoms with Gasteiger partial charge in [-0.1, -0.05) is 36.8 Å². The van der Waals surface area contributed by atoms with Gasteiger partial charge in [-0.3, -0.25) is 8.22 Å². The second-order valence-corrected chi connectivity index (χ2v) is 4.70. The molecule has 12 heavy (non-hydrogen) atoms. The van der Waals surface area contributed by atoms with Crippen LogP contribution in [0.4, 0.5) is 8.22 Å². The van der Waals surface area contributed by atoms with E-state index in [4.69, 9.17) is 0 Å². The van der Waals surface area contributed by atoms with E-state index >= 15 is 0 Å². The zero-order valence-corrected chi connectivity index (χ0v) is 8.37. The standard InChI is InChI=1S/C9H12F2Si/c1-7-3-5-9(6-4-7)8(2)12(10)11/h3-6,8,12H,1-2H3. The lowest BCUT2D eigenvalue weighted by Crippen LogP contribution is -2.09. The van der Waals surface area contributed by atoms with E-state index in [0.717, 1.165) is 11.1 Å². The molecule has 0 N–H and O–H groups in total. The topological polar surface area (TPSA) is 0 Å². The average Bonchev–Trinajstić information content (AvgIpc) is 2.04. The van der Waals surface area contributed by atoms with Gasteiger partial charge in [0.25, 0.3) is 0 Å². The molecule has 1 unspecified atom stereocenters. The van der Waals surface area contributed by atoms with Crippen LogP contribution in [0.15, 0.2) is 24.3 Å². The van der Waals surface area contributed by atoms with Gasteiger partial charge < -0.3 is 0 Å². The van der Waals surface area contributed by atoms with Gasteiger partial charge in [-0.25, -0.2) is 0 Å². The number of hydrogen-bond acceptors (Lipinski definition) is 0. The molecule has 0 radical (unpaired) electrons. The Labute approximate surface area is 73.2 Å². The predicted molar refractivity (Wildman–Crippen MR) is 49.0 cm³/mol. The Morgan fingerprint density at radius 3 is 2.08 bits per heavy atom. The van der Waals surface area contributed by atoms with Gasteiger partial charge in [-0.2, -0.15) is 0 Å². The van der Waals surface area contributed by atoms with Crippen LogP contribution in [0.3, 0.4) is 0 Å². The van der Waals surface area contributed by atoms with Gasteiger partial charge in [0.05, 0.1) is 0 Å². The summed E-state index contributed by atoms with van der Waals surface area (Å²) in [7, 11) is -3.51. The molecule has 66 valence electrons. The molecular weight excluding hydrogens is 174 g/mol. The monoisotopic (exact) mass is 186 g/mol. The van der Waals surface area contributed by atoms with Gasteiger partial charge in [-0.05, 0) is 12.5 Å². The molecule has 0 amide bonds. The molecule has 0 nitrogen and oxygen atoms in total. The van der Waals surface area contributed by atoms with Gasteiger partial charge in [0, 0.05) is 5.54 Å². The zero-order valence-electron chi connectivity index (χ0n) is 7.22. The minimum atomic E-state index is -3.51. The largest absolute Gasteiger partial charge is 0.418 e. The fourth-order valence-corrected chi connectivity index (χ4v) is 1.53. The third kappa shape index (κ3) is 2.14. The Bertz CT molecular complexity index is 243. The van der Waals surface area contributed by atoms with Crippen LogP contribution in [0.25, 0.3) is 0 Å². The van der Waals surface area contributed by atoms with Crippen molar-refractivity contribution in [3.8, 4) is 0 Å². The predicted octanol–water partition coefficient (Wildman–Crippen LogP) is 2.80. The van der Waals surface area contributed by atoms with Crippen molar-refractivity contribution >= 4 is 9.46 Å². The van der Waals surface area contributed by atoms with E-state index in [1.165, 1.54) is 0 Å². The average molecular weight is 186 g/mol. The lowest BCUT2D eigenvalue weighted by Gasteiger charge is -2.08. The van der Waals surface area contributed by atoms with E-state index in [1.54, 1.807) is 19.1 Å². The molecule has 0 aliphatic carbocycles. The van der Waals surface area contributed by atoms with Crippen LogP contribution in [-0.2, 0) is 0 Å². The van der Waals surface area contributed by atoms with Crippen molar-refractivity contribution in [1.29, 1.82) is 0 Å². The first-order chi connectivity index (χ1) is 5.61. The van der Waals surface area contributed by atoms with Gasteiger partial charge in [0.2, 0.25) is 0 Å². The summed E-state index contributed by atoms with van der Waals surface area (Å²) in [6.07, 6.45) is 0. The highest BCUT2D eigenvalue weighted by atomic mass is 28.4. The molecule has 1 rings (SSSR count). The highest BCUT2D eigenvalue weighted by molar-refractivity contribution is 6.44. The van der Waals surface area contributed by atoms with E-state index in [1.807, 2.05) is 19.1 Å². The summed E-state index contributed by atoms with van der Waals surface area (Å²) in [4.78, 5) is 0. The normalized spacial score (nSPS) is 13.4. The van der Waals surface area contributed by atoms with Crippen LogP contribution in [0.5, 0.6) is 0 Å². The molecule has 1 aromatic carbocycles. The molecule has 0 saturated carbocycles. The summed E-state index contributed by atoms with van der Waals surface area (Å²) in [5.41, 5.74) is 1.36. The number of halogens is 2. The van der Waals surface area contributed by atoms with E-state index in [-0.39, 0.29) is 0 Å². The summed E-state index contributed by atoms with van der Waals surface area (Å²) in [5, 5.41) is 0. The lowest BCUT2D eigenvalue weighted by atomic mass is 10.1. The summed E-state index contributed by atoms with van der Waals surface area (Å²) < 4.78 is 24.7. The second kappa shape index (κ2) is 3.80.